The number of carbonyl (C=O) groups is 1. The number of ether oxygens (including phenoxy) is 2. The standard InChI is InChI=1S/C19H24N2O3/c1-14(13-23-2)20-18(15-8-5-4-6-9-15)19(22)21-16-10-7-11-17(12-16)24-3/h4-12,14,18,20H,13H2,1-3H3,(H,21,22)/t14-,18+/m0/s1. The van der Waals surface area contributed by atoms with Crippen LogP contribution in [0.4, 0.5) is 5.69 Å². The molecule has 0 radical (unpaired) electrons. The Balaban J connectivity index is 2.17. The Morgan fingerprint density at radius 3 is 2.50 bits per heavy atom. The molecule has 0 heterocycles. The molecule has 0 aliphatic rings. The van der Waals surface area contributed by atoms with E-state index in [0.717, 1.165) is 5.56 Å². The molecule has 2 aromatic rings. The Hall–Kier alpha value is -2.37. The molecule has 2 rings (SSSR count). The molecule has 0 aromatic heterocycles. The van der Waals surface area contributed by atoms with Gasteiger partial charge in [0.25, 0.3) is 0 Å². The van der Waals surface area contributed by atoms with Crippen LogP contribution in [0.5, 0.6) is 5.75 Å². The fraction of sp³-hybridized carbons (Fsp3) is 0.316. The summed E-state index contributed by atoms with van der Waals surface area (Å²) in [5, 5.41) is 6.25. The molecule has 2 atom stereocenters. The van der Waals surface area contributed by atoms with Crippen molar-refractivity contribution in [1.29, 1.82) is 0 Å². The zero-order valence-electron chi connectivity index (χ0n) is 14.3. The highest BCUT2D eigenvalue weighted by molar-refractivity contribution is 5.95. The van der Waals surface area contributed by atoms with Gasteiger partial charge in [-0.25, -0.2) is 0 Å². The molecule has 0 saturated heterocycles. The molecule has 128 valence electrons. The van der Waals surface area contributed by atoms with Crippen LogP contribution < -0.4 is 15.4 Å². The lowest BCUT2D eigenvalue weighted by molar-refractivity contribution is -0.118. The van der Waals surface area contributed by atoms with Gasteiger partial charge in [-0.05, 0) is 24.6 Å². The van der Waals surface area contributed by atoms with E-state index in [1.54, 1.807) is 20.3 Å². The predicted molar refractivity (Wildman–Crippen MR) is 95.3 cm³/mol. The lowest BCUT2D eigenvalue weighted by Gasteiger charge is -2.23. The average Bonchev–Trinajstić information content (AvgIpc) is 2.60. The zero-order chi connectivity index (χ0) is 17.4. The largest absolute Gasteiger partial charge is 0.497 e. The minimum absolute atomic E-state index is 0.0382. The number of nitrogens with one attached hydrogen (secondary N) is 2. The van der Waals surface area contributed by atoms with Crippen molar-refractivity contribution in [1.82, 2.24) is 5.32 Å². The van der Waals surface area contributed by atoms with E-state index in [1.807, 2.05) is 55.5 Å². The van der Waals surface area contributed by atoms with Crippen LogP contribution in [0.3, 0.4) is 0 Å². The molecule has 0 fully saturated rings. The van der Waals surface area contributed by atoms with E-state index < -0.39 is 6.04 Å². The van der Waals surface area contributed by atoms with Gasteiger partial charge in [-0.1, -0.05) is 36.4 Å². The minimum atomic E-state index is -0.470. The summed E-state index contributed by atoms with van der Waals surface area (Å²) in [7, 11) is 3.24. The van der Waals surface area contributed by atoms with Crippen molar-refractivity contribution in [3.8, 4) is 5.75 Å². The van der Waals surface area contributed by atoms with Gasteiger partial charge in [-0.2, -0.15) is 0 Å². The molecule has 5 heteroatoms. The van der Waals surface area contributed by atoms with E-state index in [1.165, 1.54) is 0 Å². The molecule has 0 bridgehead atoms. The number of anilines is 1. The van der Waals surface area contributed by atoms with E-state index in [-0.39, 0.29) is 11.9 Å². The molecular formula is C19H24N2O3. The highest BCUT2D eigenvalue weighted by Gasteiger charge is 2.22. The maximum atomic E-state index is 12.8. The van der Waals surface area contributed by atoms with Crippen LogP contribution in [-0.2, 0) is 9.53 Å². The van der Waals surface area contributed by atoms with E-state index in [9.17, 15) is 4.79 Å². The summed E-state index contributed by atoms with van der Waals surface area (Å²) in [6, 6.07) is 16.5. The number of rotatable bonds is 8. The second-order valence-electron chi connectivity index (χ2n) is 5.59. The Morgan fingerprint density at radius 2 is 1.83 bits per heavy atom. The van der Waals surface area contributed by atoms with E-state index >= 15 is 0 Å². The summed E-state index contributed by atoms with van der Waals surface area (Å²) in [5.41, 5.74) is 1.60. The number of methoxy groups -OCH3 is 2. The first kappa shape index (κ1) is 18.0. The number of benzene rings is 2. The summed E-state index contributed by atoms with van der Waals surface area (Å²) < 4.78 is 10.4. The Kier molecular flexibility index (Phi) is 6.78. The van der Waals surface area contributed by atoms with Crippen LogP contribution in [0.1, 0.15) is 18.5 Å². The number of hydrogen-bond acceptors (Lipinski definition) is 4. The van der Waals surface area contributed by atoms with E-state index in [4.69, 9.17) is 9.47 Å². The van der Waals surface area contributed by atoms with Crippen molar-refractivity contribution >= 4 is 11.6 Å². The molecule has 2 N–H and O–H groups in total. The van der Waals surface area contributed by atoms with Gasteiger partial charge in [-0.15, -0.1) is 0 Å². The van der Waals surface area contributed by atoms with Crippen LogP contribution in [0.15, 0.2) is 54.6 Å². The fourth-order valence-corrected chi connectivity index (χ4v) is 2.47. The van der Waals surface area contributed by atoms with Crippen molar-refractivity contribution in [3.05, 3.63) is 60.2 Å². The van der Waals surface area contributed by atoms with Crippen molar-refractivity contribution < 1.29 is 14.3 Å². The third-order valence-electron chi connectivity index (χ3n) is 3.60. The second-order valence-corrected chi connectivity index (χ2v) is 5.59. The maximum Gasteiger partial charge on any atom is 0.246 e. The lowest BCUT2D eigenvalue weighted by Crippen LogP contribution is -2.40. The molecule has 2 aromatic carbocycles. The van der Waals surface area contributed by atoms with Gasteiger partial charge in [0.2, 0.25) is 5.91 Å². The van der Waals surface area contributed by atoms with Crippen LogP contribution in [0.2, 0.25) is 0 Å². The number of amides is 1. The molecule has 0 unspecified atom stereocenters. The molecule has 0 aliphatic heterocycles. The number of carbonyl (C=O) groups excluding carboxylic acids is 1. The normalized spacial score (nSPS) is 13.1. The summed E-state index contributed by atoms with van der Waals surface area (Å²) in [6.07, 6.45) is 0. The third-order valence-corrected chi connectivity index (χ3v) is 3.60. The first-order chi connectivity index (χ1) is 11.6. The van der Waals surface area contributed by atoms with Gasteiger partial charge in [0.15, 0.2) is 0 Å². The summed E-state index contributed by atoms with van der Waals surface area (Å²) >= 11 is 0. The molecule has 5 nitrogen and oxygen atoms in total. The third kappa shape index (κ3) is 5.08. The monoisotopic (exact) mass is 328 g/mol. The molecule has 0 spiro atoms. The van der Waals surface area contributed by atoms with Crippen molar-refractivity contribution in [2.45, 2.75) is 19.0 Å². The lowest BCUT2D eigenvalue weighted by atomic mass is 10.0. The molecule has 0 aliphatic carbocycles. The summed E-state index contributed by atoms with van der Waals surface area (Å²) in [6.45, 7) is 2.51. The van der Waals surface area contributed by atoms with Gasteiger partial charge in [0, 0.05) is 24.9 Å². The fourth-order valence-electron chi connectivity index (χ4n) is 2.47. The Morgan fingerprint density at radius 1 is 1.08 bits per heavy atom. The number of hydrogen-bond donors (Lipinski definition) is 2. The van der Waals surface area contributed by atoms with Gasteiger partial charge in [0.1, 0.15) is 11.8 Å². The summed E-state index contributed by atoms with van der Waals surface area (Å²) in [4.78, 5) is 12.8. The Bertz CT molecular complexity index is 646. The van der Waals surface area contributed by atoms with Crippen LogP contribution in [0, 0.1) is 0 Å². The van der Waals surface area contributed by atoms with E-state index in [2.05, 4.69) is 10.6 Å². The van der Waals surface area contributed by atoms with Crippen LogP contribution in [-0.4, -0.2) is 32.8 Å². The minimum Gasteiger partial charge on any atom is -0.497 e. The highest BCUT2D eigenvalue weighted by atomic mass is 16.5. The quantitative estimate of drug-likeness (QED) is 0.782. The Labute approximate surface area is 143 Å². The van der Waals surface area contributed by atoms with Crippen molar-refractivity contribution in [3.63, 3.8) is 0 Å². The maximum absolute atomic E-state index is 12.8. The van der Waals surface area contributed by atoms with Crippen LogP contribution in [0.25, 0.3) is 0 Å². The molecular weight excluding hydrogens is 304 g/mol. The first-order valence-electron chi connectivity index (χ1n) is 7.89. The van der Waals surface area contributed by atoms with Gasteiger partial charge < -0.3 is 14.8 Å². The van der Waals surface area contributed by atoms with Gasteiger partial charge in [0.05, 0.1) is 13.7 Å². The second kappa shape index (κ2) is 9.05. The summed E-state index contributed by atoms with van der Waals surface area (Å²) in [5.74, 6) is 0.571. The van der Waals surface area contributed by atoms with Crippen molar-refractivity contribution in [2.24, 2.45) is 0 Å². The predicted octanol–water partition coefficient (Wildman–Crippen LogP) is 3.00. The molecule has 24 heavy (non-hydrogen) atoms. The van der Waals surface area contributed by atoms with Crippen LogP contribution >= 0.6 is 0 Å². The first-order valence-corrected chi connectivity index (χ1v) is 7.89. The van der Waals surface area contributed by atoms with Gasteiger partial charge >= 0.3 is 0 Å². The molecule has 1 amide bonds. The SMILES string of the molecule is COC[C@H](C)N[C@@H](C(=O)Nc1cccc(OC)c1)c1ccccc1. The zero-order valence-corrected chi connectivity index (χ0v) is 14.3. The smallest absolute Gasteiger partial charge is 0.246 e. The average molecular weight is 328 g/mol. The van der Waals surface area contributed by atoms with Gasteiger partial charge in [-0.3, -0.25) is 10.1 Å². The highest BCUT2D eigenvalue weighted by Crippen LogP contribution is 2.20. The molecule has 0 saturated carbocycles. The van der Waals surface area contributed by atoms with Crippen molar-refractivity contribution in [2.75, 3.05) is 26.1 Å². The van der Waals surface area contributed by atoms with E-state index in [0.29, 0.717) is 18.0 Å². The topological polar surface area (TPSA) is 59.6 Å².